The molecule has 2 rings (SSSR count). The Morgan fingerprint density at radius 2 is 2.24 bits per heavy atom. The minimum atomic E-state index is -0.158. The molecule has 0 bridgehead atoms. The van der Waals surface area contributed by atoms with Crippen molar-refractivity contribution in [3.05, 3.63) is 23.8 Å². The van der Waals surface area contributed by atoms with Crippen molar-refractivity contribution in [3.63, 3.8) is 0 Å². The molecule has 2 N–H and O–H groups in total. The summed E-state index contributed by atoms with van der Waals surface area (Å²) in [4.78, 5) is 11.2. The maximum atomic E-state index is 11.2. The number of anilines is 1. The number of unbranched alkanes of at least 4 members (excludes halogenated alkanes) is 1. The quantitative estimate of drug-likeness (QED) is 0.649. The summed E-state index contributed by atoms with van der Waals surface area (Å²) < 4.78 is 5.62. The molecule has 1 aliphatic rings. The standard InChI is InChI=1S/C12H15BrN2O2/c13-5-1-2-6-17-10-4-3-9-8-14-12(16)15-11(9)7-10/h3-4,7H,1-2,5-6,8H2,(H2,14,15,16). The van der Waals surface area contributed by atoms with Crippen LogP contribution in [0.2, 0.25) is 0 Å². The first-order chi connectivity index (χ1) is 8.29. The average Bonchev–Trinajstić information content (AvgIpc) is 2.34. The number of carbonyl (C=O) groups excluding carboxylic acids is 1. The van der Waals surface area contributed by atoms with Gasteiger partial charge in [0.1, 0.15) is 5.75 Å². The van der Waals surface area contributed by atoms with Crippen LogP contribution < -0.4 is 15.4 Å². The molecular weight excluding hydrogens is 284 g/mol. The number of halogens is 1. The number of ether oxygens (including phenoxy) is 1. The van der Waals surface area contributed by atoms with Gasteiger partial charge in [-0.2, -0.15) is 0 Å². The fraction of sp³-hybridized carbons (Fsp3) is 0.417. The molecule has 5 heteroatoms. The van der Waals surface area contributed by atoms with Crippen LogP contribution in [0.4, 0.5) is 10.5 Å². The Bertz CT molecular complexity index is 409. The van der Waals surface area contributed by atoms with Crippen molar-refractivity contribution in [1.29, 1.82) is 0 Å². The van der Waals surface area contributed by atoms with Crippen LogP contribution in [0.1, 0.15) is 18.4 Å². The molecule has 1 aromatic rings. The molecule has 0 radical (unpaired) electrons. The Hall–Kier alpha value is -1.23. The molecule has 0 saturated carbocycles. The second-order valence-electron chi connectivity index (χ2n) is 3.87. The van der Waals surface area contributed by atoms with Crippen molar-refractivity contribution >= 4 is 27.6 Å². The van der Waals surface area contributed by atoms with Crippen LogP contribution in [0.3, 0.4) is 0 Å². The van der Waals surface area contributed by atoms with E-state index < -0.39 is 0 Å². The van der Waals surface area contributed by atoms with Crippen LogP contribution in [-0.4, -0.2) is 18.0 Å². The van der Waals surface area contributed by atoms with Gasteiger partial charge in [-0.3, -0.25) is 0 Å². The molecule has 1 heterocycles. The van der Waals surface area contributed by atoms with E-state index in [1.165, 1.54) is 0 Å². The molecule has 1 aliphatic heterocycles. The third-order valence-electron chi connectivity index (χ3n) is 2.57. The lowest BCUT2D eigenvalue weighted by atomic mass is 10.1. The summed E-state index contributed by atoms with van der Waals surface area (Å²) in [5.41, 5.74) is 1.92. The van der Waals surface area contributed by atoms with E-state index in [9.17, 15) is 4.79 Å². The predicted molar refractivity (Wildman–Crippen MR) is 70.8 cm³/mol. The van der Waals surface area contributed by atoms with Crippen molar-refractivity contribution in [2.45, 2.75) is 19.4 Å². The Morgan fingerprint density at radius 1 is 1.35 bits per heavy atom. The largest absolute Gasteiger partial charge is 0.494 e. The van der Waals surface area contributed by atoms with Crippen molar-refractivity contribution < 1.29 is 9.53 Å². The fourth-order valence-electron chi connectivity index (χ4n) is 1.64. The number of carbonyl (C=O) groups is 1. The number of fused-ring (bicyclic) bond motifs is 1. The maximum Gasteiger partial charge on any atom is 0.319 e. The van der Waals surface area contributed by atoms with Gasteiger partial charge in [-0.1, -0.05) is 22.0 Å². The third kappa shape index (κ3) is 3.36. The second-order valence-corrected chi connectivity index (χ2v) is 4.66. The highest BCUT2D eigenvalue weighted by Gasteiger charge is 2.13. The second kappa shape index (κ2) is 5.91. The highest BCUT2D eigenvalue weighted by atomic mass is 79.9. The van der Waals surface area contributed by atoms with E-state index in [1.807, 2.05) is 18.2 Å². The summed E-state index contributed by atoms with van der Waals surface area (Å²) in [6.45, 7) is 1.28. The molecule has 0 fully saturated rings. The maximum absolute atomic E-state index is 11.2. The van der Waals surface area contributed by atoms with Crippen LogP contribution in [0.5, 0.6) is 5.75 Å². The summed E-state index contributed by atoms with van der Waals surface area (Å²) in [5, 5.41) is 6.49. The van der Waals surface area contributed by atoms with Gasteiger partial charge in [0, 0.05) is 17.9 Å². The number of hydrogen-bond acceptors (Lipinski definition) is 2. The molecule has 0 atom stereocenters. The SMILES string of the molecule is O=C1NCc2ccc(OCCCCBr)cc2N1. The summed E-state index contributed by atoms with van der Waals surface area (Å²) >= 11 is 3.38. The molecule has 17 heavy (non-hydrogen) atoms. The summed E-state index contributed by atoms with van der Waals surface area (Å²) in [5.74, 6) is 0.806. The lowest BCUT2D eigenvalue weighted by molar-refractivity contribution is 0.251. The first-order valence-electron chi connectivity index (χ1n) is 5.66. The summed E-state index contributed by atoms with van der Waals surface area (Å²) in [7, 11) is 0. The number of nitrogens with one attached hydrogen (secondary N) is 2. The summed E-state index contributed by atoms with van der Waals surface area (Å²) in [6, 6.07) is 5.63. The Morgan fingerprint density at radius 3 is 3.06 bits per heavy atom. The minimum absolute atomic E-state index is 0.158. The number of rotatable bonds is 5. The van der Waals surface area contributed by atoms with Crippen molar-refractivity contribution in [1.82, 2.24) is 5.32 Å². The zero-order chi connectivity index (χ0) is 12.1. The van der Waals surface area contributed by atoms with Gasteiger partial charge in [-0.25, -0.2) is 4.79 Å². The van der Waals surface area contributed by atoms with Gasteiger partial charge in [0.25, 0.3) is 0 Å². The Balaban J connectivity index is 1.95. The minimum Gasteiger partial charge on any atom is -0.494 e. The van der Waals surface area contributed by atoms with Gasteiger partial charge >= 0.3 is 6.03 Å². The van der Waals surface area contributed by atoms with Gasteiger partial charge in [0.15, 0.2) is 0 Å². The first-order valence-corrected chi connectivity index (χ1v) is 6.78. The van der Waals surface area contributed by atoms with Crippen LogP contribution >= 0.6 is 15.9 Å². The van der Waals surface area contributed by atoms with Crippen LogP contribution in [0.15, 0.2) is 18.2 Å². The predicted octanol–water partition coefficient (Wildman–Crippen LogP) is 2.88. The van der Waals surface area contributed by atoms with E-state index in [0.29, 0.717) is 13.2 Å². The normalized spacial score (nSPS) is 13.6. The van der Waals surface area contributed by atoms with Gasteiger partial charge in [0.2, 0.25) is 0 Å². The Kier molecular flexibility index (Phi) is 4.25. The van der Waals surface area contributed by atoms with E-state index >= 15 is 0 Å². The average molecular weight is 299 g/mol. The molecule has 0 spiro atoms. The highest BCUT2D eigenvalue weighted by molar-refractivity contribution is 9.09. The molecule has 0 unspecified atom stereocenters. The molecule has 92 valence electrons. The lowest BCUT2D eigenvalue weighted by Crippen LogP contribution is -2.33. The van der Waals surface area contributed by atoms with Crippen molar-refractivity contribution in [2.75, 3.05) is 17.3 Å². The zero-order valence-corrected chi connectivity index (χ0v) is 11.0. The van der Waals surface area contributed by atoms with Gasteiger partial charge in [-0.15, -0.1) is 0 Å². The number of hydrogen-bond donors (Lipinski definition) is 2. The van der Waals surface area contributed by atoms with Crippen LogP contribution in [-0.2, 0) is 6.54 Å². The molecule has 4 nitrogen and oxygen atoms in total. The number of alkyl halides is 1. The molecular formula is C12H15BrN2O2. The first kappa shape index (κ1) is 12.2. The van der Waals surface area contributed by atoms with Crippen LogP contribution in [0, 0.1) is 0 Å². The zero-order valence-electron chi connectivity index (χ0n) is 9.46. The van der Waals surface area contributed by atoms with E-state index in [0.717, 1.165) is 35.2 Å². The summed E-state index contributed by atoms with van der Waals surface area (Å²) in [6.07, 6.45) is 2.13. The molecule has 0 aliphatic carbocycles. The molecule has 2 amide bonds. The topological polar surface area (TPSA) is 50.4 Å². The number of benzene rings is 1. The smallest absolute Gasteiger partial charge is 0.319 e. The monoisotopic (exact) mass is 298 g/mol. The molecule has 0 saturated heterocycles. The lowest BCUT2D eigenvalue weighted by Gasteiger charge is -2.19. The van der Waals surface area contributed by atoms with Gasteiger partial charge in [-0.05, 0) is 24.5 Å². The van der Waals surface area contributed by atoms with E-state index in [2.05, 4.69) is 26.6 Å². The van der Waals surface area contributed by atoms with E-state index in [-0.39, 0.29) is 6.03 Å². The Labute approximate surface area is 109 Å². The van der Waals surface area contributed by atoms with Gasteiger partial charge in [0.05, 0.1) is 12.3 Å². The highest BCUT2D eigenvalue weighted by Crippen LogP contribution is 2.24. The fourth-order valence-corrected chi connectivity index (χ4v) is 2.04. The third-order valence-corrected chi connectivity index (χ3v) is 3.13. The van der Waals surface area contributed by atoms with Gasteiger partial charge < -0.3 is 15.4 Å². The molecule has 1 aromatic carbocycles. The number of urea groups is 1. The van der Waals surface area contributed by atoms with E-state index in [1.54, 1.807) is 0 Å². The van der Waals surface area contributed by atoms with Crippen molar-refractivity contribution in [2.24, 2.45) is 0 Å². The molecule has 0 aromatic heterocycles. The van der Waals surface area contributed by atoms with Crippen LogP contribution in [0.25, 0.3) is 0 Å². The van der Waals surface area contributed by atoms with Crippen molar-refractivity contribution in [3.8, 4) is 5.75 Å². The number of amides is 2. The van der Waals surface area contributed by atoms with E-state index in [4.69, 9.17) is 4.74 Å².